The van der Waals surface area contributed by atoms with Gasteiger partial charge >= 0.3 is 0 Å². The van der Waals surface area contributed by atoms with Crippen molar-refractivity contribution in [1.29, 1.82) is 0 Å². The maximum Gasteiger partial charge on any atom is 0.251 e. The first kappa shape index (κ1) is 13.6. The Kier molecular flexibility index (Phi) is 5.59. The number of hydrogen-bond acceptors (Lipinski definition) is 4. The second-order valence-electron chi connectivity index (χ2n) is 3.89. The number of nitrogens with zero attached hydrogens (tertiary/aromatic N) is 1. The van der Waals surface area contributed by atoms with Crippen LogP contribution in [0.2, 0.25) is 0 Å². The predicted molar refractivity (Wildman–Crippen MR) is 65.4 cm³/mol. The summed E-state index contributed by atoms with van der Waals surface area (Å²) in [6, 6.07) is 3.28. The van der Waals surface area contributed by atoms with E-state index in [1.807, 2.05) is 6.92 Å². The highest BCUT2D eigenvalue weighted by molar-refractivity contribution is 5.94. The standard InChI is InChI=1S/C12H19N3O2/c1-2-3-11(16)8-15-12(17)9-4-5-14-10(6-9)7-13/h4-6,11,16H,2-3,7-8,13H2,1H3,(H,15,17). The molecule has 0 aliphatic rings. The first-order chi connectivity index (χ1) is 8.17. The molecule has 0 aromatic carbocycles. The van der Waals surface area contributed by atoms with E-state index in [1.165, 1.54) is 0 Å². The SMILES string of the molecule is CCCC(O)CNC(=O)c1ccnc(CN)c1. The minimum atomic E-state index is -0.486. The highest BCUT2D eigenvalue weighted by Crippen LogP contribution is 2.01. The molecule has 4 N–H and O–H groups in total. The Labute approximate surface area is 101 Å². The highest BCUT2D eigenvalue weighted by atomic mass is 16.3. The smallest absolute Gasteiger partial charge is 0.251 e. The first-order valence-corrected chi connectivity index (χ1v) is 5.78. The van der Waals surface area contributed by atoms with Crippen molar-refractivity contribution in [3.8, 4) is 0 Å². The molecular formula is C12H19N3O2. The second-order valence-corrected chi connectivity index (χ2v) is 3.89. The molecule has 0 saturated carbocycles. The third kappa shape index (κ3) is 4.50. The fourth-order valence-corrected chi connectivity index (χ4v) is 1.48. The minimum Gasteiger partial charge on any atom is -0.391 e. The number of hydrogen-bond donors (Lipinski definition) is 3. The summed E-state index contributed by atoms with van der Waals surface area (Å²) in [5.41, 5.74) is 6.64. The molecule has 1 unspecified atom stereocenters. The quantitative estimate of drug-likeness (QED) is 0.669. The van der Waals surface area contributed by atoms with Crippen LogP contribution in [0.4, 0.5) is 0 Å². The van der Waals surface area contributed by atoms with E-state index in [2.05, 4.69) is 10.3 Å². The number of pyridine rings is 1. The van der Waals surface area contributed by atoms with Crippen molar-refractivity contribution >= 4 is 5.91 Å². The number of aromatic nitrogens is 1. The number of aliphatic hydroxyl groups excluding tert-OH is 1. The lowest BCUT2D eigenvalue weighted by Gasteiger charge is -2.10. The second kappa shape index (κ2) is 6.98. The normalized spacial score (nSPS) is 12.2. The van der Waals surface area contributed by atoms with Gasteiger partial charge in [0.1, 0.15) is 0 Å². The van der Waals surface area contributed by atoms with Crippen LogP contribution in [0.25, 0.3) is 0 Å². The predicted octanol–water partition coefficient (Wildman–Crippen LogP) is 0.431. The summed E-state index contributed by atoms with van der Waals surface area (Å²) >= 11 is 0. The number of amides is 1. The molecule has 0 aliphatic heterocycles. The van der Waals surface area contributed by atoms with Crippen LogP contribution in [-0.4, -0.2) is 28.6 Å². The Morgan fingerprint density at radius 2 is 2.41 bits per heavy atom. The summed E-state index contributed by atoms with van der Waals surface area (Å²) < 4.78 is 0. The third-order valence-corrected chi connectivity index (χ3v) is 2.41. The Hall–Kier alpha value is -1.46. The van der Waals surface area contributed by atoms with Crippen LogP contribution in [0.15, 0.2) is 18.3 Å². The molecule has 1 heterocycles. The molecule has 17 heavy (non-hydrogen) atoms. The van der Waals surface area contributed by atoms with Crippen LogP contribution in [0.1, 0.15) is 35.8 Å². The van der Waals surface area contributed by atoms with Crippen molar-refractivity contribution in [2.45, 2.75) is 32.4 Å². The molecule has 1 aromatic heterocycles. The molecule has 1 amide bonds. The molecule has 0 radical (unpaired) electrons. The topological polar surface area (TPSA) is 88.2 Å². The van der Waals surface area contributed by atoms with Crippen molar-refractivity contribution in [2.75, 3.05) is 6.54 Å². The van der Waals surface area contributed by atoms with Crippen molar-refractivity contribution in [3.63, 3.8) is 0 Å². The molecule has 0 saturated heterocycles. The summed E-state index contributed by atoms with van der Waals surface area (Å²) in [6.07, 6.45) is 2.65. The van der Waals surface area contributed by atoms with Gasteiger partial charge in [-0.25, -0.2) is 0 Å². The lowest BCUT2D eigenvalue weighted by Crippen LogP contribution is -2.32. The molecule has 0 fully saturated rings. The largest absolute Gasteiger partial charge is 0.391 e. The summed E-state index contributed by atoms with van der Waals surface area (Å²) in [5.74, 6) is -0.211. The molecular weight excluding hydrogens is 218 g/mol. The van der Waals surface area contributed by atoms with E-state index in [1.54, 1.807) is 18.3 Å². The van der Waals surface area contributed by atoms with Gasteiger partial charge in [0.25, 0.3) is 5.91 Å². The number of nitrogens with one attached hydrogen (secondary N) is 1. The fourth-order valence-electron chi connectivity index (χ4n) is 1.48. The van der Waals surface area contributed by atoms with Gasteiger partial charge in [-0.1, -0.05) is 13.3 Å². The van der Waals surface area contributed by atoms with E-state index < -0.39 is 6.10 Å². The van der Waals surface area contributed by atoms with Gasteiger partial charge in [0.05, 0.1) is 11.8 Å². The van der Waals surface area contributed by atoms with E-state index in [-0.39, 0.29) is 12.5 Å². The zero-order valence-electron chi connectivity index (χ0n) is 10.0. The molecule has 0 bridgehead atoms. The van der Waals surface area contributed by atoms with Crippen molar-refractivity contribution in [1.82, 2.24) is 10.3 Å². The maximum absolute atomic E-state index is 11.7. The summed E-state index contributed by atoms with van der Waals surface area (Å²) in [7, 11) is 0. The Bertz CT molecular complexity index is 369. The van der Waals surface area contributed by atoms with Gasteiger partial charge in [-0.2, -0.15) is 0 Å². The molecule has 5 heteroatoms. The number of rotatable bonds is 6. The van der Waals surface area contributed by atoms with Gasteiger partial charge in [-0.15, -0.1) is 0 Å². The van der Waals surface area contributed by atoms with Gasteiger partial charge in [0, 0.05) is 24.8 Å². The van der Waals surface area contributed by atoms with Gasteiger partial charge in [0.2, 0.25) is 0 Å². The summed E-state index contributed by atoms with van der Waals surface area (Å²) in [4.78, 5) is 15.7. The van der Waals surface area contributed by atoms with Crippen LogP contribution in [0, 0.1) is 0 Å². The highest BCUT2D eigenvalue weighted by Gasteiger charge is 2.08. The molecule has 1 aromatic rings. The number of nitrogens with two attached hydrogens (primary N) is 1. The Morgan fingerprint density at radius 3 is 3.06 bits per heavy atom. The Morgan fingerprint density at radius 1 is 1.65 bits per heavy atom. The number of carbonyl (C=O) groups excluding carboxylic acids is 1. The first-order valence-electron chi connectivity index (χ1n) is 5.78. The van der Waals surface area contributed by atoms with Gasteiger partial charge in [-0.05, 0) is 18.6 Å². The van der Waals surface area contributed by atoms with Crippen LogP contribution in [-0.2, 0) is 6.54 Å². The fraction of sp³-hybridized carbons (Fsp3) is 0.500. The average Bonchev–Trinajstić information content (AvgIpc) is 2.36. The monoisotopic (exact) mass is 237 g/mol. The van der Waals surface area contributed by atoms with Gasteiger partial charge < -0.3 is 16.2 Å². The minimum absolute atomic E-state index is 0.211. The van der Waals surface area contributed by atoms with Crippen molar-refractivity contribution in [2.24, 2.45) is 5.73 Å². The van der Waals surface area contributed by atoms with Crippen molar-refractivity contribution < 1.29 is 9.90 Å². The van der Waals surface area contributed by atoms with Crippen LogP contribution in [0.5, 0.6) is 0 Å². The molecule has 0 spiro atoms. The van der Waals surface area contributed by atoms with E-state index in [0.717, 1.165) is 6.42 Å². The van der Waals surface area contributed by atoms with E-state index >= 15 is 0 Å². The van der Waals surface area contributed by atoms with Gasteiger partial charge in [0.15, 0.2) is 0 Å². The molecule has 5 nitrogen and oxygen atoms in total. The molecule has 1 atom stereocenters. The number of aliphatic hydroxyl groups is 1. The Balaban J connectivity index is 2.51. The lowest BCUT2D eigenvalue weighted by molar-refractivity contribution is 0.0910. The third-order valence-electron chi connectivity index (χ3n) is 2.41. The molecule has 94 valence electrons. The van der Waals surface area contributed by atoms with E-state index in [0.29, 0.717) is 24.2 Å². The molecule has 1 rings (SSSR count). The summed E-state index contributed by atoms with van der Waals surface area (Å²) in [5, 5.41) is 12.2. The zero-order chi connectivity index (χ0) is 12.7. The average molecular weight is 237 g/mol. The van der Waals surface area contributed by atoms with E-state index in [4.69, 9.17) is 5.73 Å². The van der Waals surface area contributed by atoms with Crippen LogP contribution >= 0.6 is 0 Å². The van der Waals surface area contributed by atoms with Crippen molar-refractivity contribution in [3.05, 3.63) is 29.6 Å². The van der Waals surface area contributed by atoms with Crippen LogP contribution < -0.4 is 11.1 Å². The number of carbonyl (C=O) groups is 1. The maximum atomic E-state index is 11.7. The van der Waals surface area contributed by atoms with Gasteiger partial charge in [-0.3, -0.25) is 9.78 Å². The zero-order valence-corrected chi connectivity index (χ0v) is 10.0. The van der Waals surface area contributed by atoms with E-state index in [9.17, 15) is 9.90 Å². The van der Waals surface area contributed by atoms with Crippen LogP contribution in [0.3, 0.4) is 0 Å². The lowest BCUT2D eigenvalue weighted by atomic mass is 10.2. The summed E-state index contributed by atoms with van der Waals surface area (Å²) in [6.45, 7) is 2.56. The molecule has 0 aliphatic carbocycles.